The molecule has 0 bridgehead atoms. The molecule has 4 nitrogen and oxygen atoms in total. The van der Waals surface area contributed by atoms with Crippen molar-refractivity contribution >= 4 is 11.5 Å². The van der Waals surface area contributed by atoms with E-state index in [1.807, 2.05) is 18.2 Å². The molecule has 2 aromatic heterocycles. The average Bonchev–Trinajstić information content (AvgIpc) is 2.28. The maximum Gasteiger partial charge on any atom is 0.128 e. The van der Waals surface area contributed by atoms with Crippen molar-refractivity contribution in [3.05, 3.63) is 48.4 Å². The number of aromatic nitrogens is 2. The maximum absolute atomic E-state index is 5.63. The monoisotopic (exact) mass is 200 g/mol. The molecule has 0 atom stereocenters. The Morgan fingerprint density at radius 2 is 2.07 bits per heavy atom. The second kappa shape index (κ2) is 4.41. The first-order valence-corrected chi connectivity index (χ1v) is 4.70. The summed E-state index contributed by atoms with van der Waals surface area (Å²) >= 11 is 0. The van der Waals surface area contributed by atoms with E-state index in [0.717, 1.165) is 11.5 Å². The molecule has 0 aliphatic rings. The highest BCUT2D eigenvalue weighted by Crippen LogP contribution is 2.08. The lowest BCUT2D eigenvalue weighted by Gasteiger charge is -2.04. The van der Waals surface area contributed by atoms with Gasteiger partial charge in [-0.05, 0) is 18.2 Å². The van der Waals surface area contributed by atoms with Gasteiger partial charge in [-0.3, -0.25) is 4.98 Å². The van der Waals surface area contributed by atoms with Gasteiger partial charge in [0.15, 0.2) is 0 Å². The number of pyridine rings is 2. The smallest absolute Gasteiger partial charge is 0.128 e. The van der Waals surface area contributed by atoms with Crippen LogP contribution in [0.25, 0.3) is 0 Å². The summed E-state index contributed by atoms with van der Waals surface area (Å²) in [7, 11) is 0. The number of rotatable bonds is 3. The number of hydrogen-bond acceptors (Lipinski definition) is 4. The third-order valence-corrected chi connectivity index (χ3v) is 1.96. The Bertz CT molecular complexity index is 428. The van der Waals surface area contributed by atoms with Gasteiger partial charge in [-0.1, -0.05) is 6.07 Å². The van der Waals surface area contributed by atoms with Gasteiger partial charge in [-0.15, -0.1) is 0 Å². The normalized spacial score (nSPS) is 9.87. The minimum absolute atomic E-state index is 0.650. The molecule has 76 valence electrons. The van der Waals surface area contributed by atoms with E-state index in [-0.39, 0.29) is 0 Å². The van der Waals surface area contributed by atoms with Gasteiger partial charge in [0.1, 0.15) is 5.82 Å². The Balaban J connectivity index is 1.99. The zero-order valence-corrected chi connectivity index (χ0v) is 8.22. The molecule has 0 fully saturated rings. The molecule has 0 amide bonds. The van der Waals surface area contributed by atoms with Gasteiger partial charge < -0.3 is 11.1 Å². The highest BCUT2D eigenvalue weighted by Gasteiger charge is 1.95. The summed E-state index contributed by atoms with van der Waals surface area (Å²) in [6, 6.07) is 9.35. The minimum atomic E-state index is 0.650. The van der Waals surface area contributed by atoms with Gasteiger partial charge in [0.2, 0.25) is 0 Å². The Morgan fingerprint density at radius 1 is 1.13 bits per heavy atom. The van der Waals surface area contributed by atoms with Crippen LogP contribution in [0.5, 0.6) is 0 Å². The number of anilines is 2. The van der Waals surface area contributed by atoms with Crippen LogP contribution in [0.3, 0.4) is 0 Å². The molecular weight excluding hydrogens is 188 g/mol. The van der Waals surface area contributed by atoms with Crippen LogP contribution in [-0.2, 0) is 6.54 Å². The quantitative estimate of drug-likeness (QED) is 0.791. The van der Waals surface area contributed by atoms with Crippen LogP contribution in [0.4, 0.5) is 11.5 Å². The van der Waals surface area contributed by atoms with Crippen LogP contribution in [0.1, 0.15) is 5.69 Å². The molecule has 3 N–H and O–H groups in total. The number of hydrogen-bond donors (Lipinski definition) is 2. The Hall–Kier alpha value is -2.10. The van der Waals surface area contributed by atoms with E-state index < -0.39 is 0 Å². The zero-order chi connectivity index (χ0) is 10.5. The lowest BCUT2D eigenvalue weighted by molar-refractivity contribution is 1.03. The van der Waals surface area contributed by atoms with Gasteiger partial charge >= 0.3 is 0 Å². The SMILES string of the molecule is Nc1ccnc(NCc2ccccn2)c1. The van der Waals surface area contributed by atoms with Crippen molar-refractivity contribution in [1.29, 1.82) is 0 Å². The van der Waals surface area contributed by atoms with E-state index >= 15 is 0 Å². The maximum atomic E-state index is 5.63. The third kappa shape index (κ3) is 2.67. The van der Waals surface area contributed by atoms with Gasteiger partial charge in [0.25, 0.3) is 0 Å². The number of nitrogens with zero attached hydrogens (tertiary/aromatic N) is 2. The molecule has 0 saturated heterocycles. The zero-order valence-electron chi connectivity index (χ0n) is 8.22. The van der Waals surface area contributed by atoms with E-state index in [1.54, 1.807) is 24.5 Å². The molecular formula is C11H12N4. The molecule has 15 heavy (non-hydrogen) atoms. The molecule has 4 heteroatoms. The summed E-state index contributed by atoms with van der Waals surface area (Å²) < 4.78 is 0. The lowest BCUT2D eigenvalue weighted by Crippen LogP contribution is -2.03. The molecule has 0 unspecified atom stereocenters. The van der Waals surface area contributed by atoms with E-state index in [2.05, 4.69) is 15.3 Å². The molecule has 0 saturated carbocycles. The highest BCUT2D eigenvalue weighted by molar-refractivity contribution is 5.48. The topological polar surface area (TPSA) is 63.8 Å². The lowest BCUT2D eigenvalue weighted by atomic mass is 10.3. The average molecular weight is 200 g/mol. The molecule has 2 aromatic rings. The van der Waals surface area contributed by atoms with Crippen molar-refractivity contribution in [2.45, 2.75) is 6.54 Å². The molecule has 0 radical (unpaired) electrons. The second-order valence-electron chi connectivity index (χ2n) is 3.15. The van der Waals surface area contributed by atoms with Crippen LogP contribution < -0.4 is 11.1 Å². The van der Waals surface area contributed by atoms with Gasteiger partial charge in [0, 0.05) is 24.1 Å². The molecule has 2 heterocycles. The van der Waals surface area contributed by atoms with Crippen molar-refractivity contribution in [3.8, 4) is 0 Å². The first kappa shape index (κ1) is 9.45. The fourth-order valence-corrected chi connectivity index (χ4v) is 1.23. The largest absolute Gasteiger partial charge is 0.399 e. The summed E-state index contributed by atoms with van der Waals surface area (Å²) in [6.07, 6.45) is 3.44. The van der Waals surface area contributed by atoms with E-state index in [4.69, 9.17) is 5.73 Å². The van der Waals surface area contributed by atoms with Crippen LogP contribution in [0.2, 0.25) is 0 Å². The summed E-state index contributed by atoms with van der Waals surface area (Å²) in [4.78, 5) is 8.33. The standard InChI is InChI=1S/C11H12N4/c12-9-4-6-14-11(7-9)15-8-10-3-1-2-5-13-10/h1-7H,8H2,(H3,12,14,15). The Morgan fingerprint density at radius 3 is 2.80 bits per heavy atom. The molecule has 0 aliphatic carbocycles. The van der Waals surface area contributed by atoms with Crippen molar-refractivity contribution < 1.29 is 0 Å². The van der Waals surface area contributed by atoms with Crippen LogP contribution in [0.15, 0.2) is 42.7 Å². The summed E-state index contributed by atoms with van der Waals surface area (Å²) in [5.74, 6) is 0.764. The van der Waals surface area contributed by atoms with E-state index in [0.29, 0.717) is 12.2 Å². The fraction of sp³-hybridized carbons (Fsp3) is 0.0909. The first-order chi connectivity index (χ1) is 7.34. The van der Waals surface area contributed by atoms with Crippen molar-refractivity contribution in [3.63, 3.8) is 0 Å². The van der Waals surface area contributed by atoms with Crippen LogP contribution in [-0.4, -0.2) is 9.97 Å². The Kier molecular flexibility index (Phi) is 2.78. The molecule has 0 aliphatic heterocycles. The predicted octanol–water partition coefficient (Wildman–Crippen LogP) is 1.67. The van der Waals surface area contributed by atoms with Gasteiger partial charge in [0.05, 0.1) is 12.2 Å². The highest BCUT2D eigenvalue weighted by atomic mass is 15.0. The van der Waals surface area contributed by atoms with Gasteiger partial charge in [-0.2, -0.15) is 0 Å². The summed E-state index contributed by atoms with van der Waals surface area (Å²) in [5.41, 5.74) is 7.31. The third-order valence-electron chi connectivity index (χ3n) is 1.96. The number of nitrogens with two attached hydrogens (primary N) is 1. The number of nitrogen functional groups attached to an aromatic ring is 1. The van der Waals surface area contributed by atoms with Crippen molar-refractivity contribution in [1.82, 2.24) is 9.97 Å². The van der Waals surface area contributed by atoms with Crippen molar-refractivity contribution in [2.75, 3.05) is 11.1 Å². The number of nitrogens with one attached hydrogen (secondary N) is 1. The minimum Gasteiger partial charge on any atom is -0.399 e. The van der Waals surface area contributed by atoms with E-state index in [9.17, 15) is 0 Å². The fourth-order valence-electron chi connectivity index (χ4n) is 1.23. The van der Waals surface area contributed by atoms with Crippen LogP contribution >= 0.6 is 0 Å². The Labute approximate surface area is 88.2 Å². The van der Waals surface area contributed by atoms with Crippen LogP contribution in [0, 0.1) is 0 Å². The first-order valence-electron chi connectivity index (χ1n) is 4.70. The predicted molar refractivity (Wildman–Crippen MR) is 60.2 cm³/mol. The molecule has 0 aromatic carbocycles. The van der Waals surface area contributed by atoms with Gasteiger partial charge in [-0.25, -0.2) is 4.98 Å². The summed E-state index contributed by atoms with van der Waals surface area (Å²) in [5, 5.41) is 3.15. The molecule has 2 rings (SSSR count). The summed E-state index contributed by atoms with van der Waals surface area (Å²) in [6.45, 7) is 0.650. The van der Waals surface area contributed by atoms with Crippen molar-refractivity contribution in [2.24, 2.45) is 0 Å². The second-order valence-corrected chi connectivity index (χ2v) is 3.15. The molecule has 0 spiro atoms. The van der Waals surface area contributed by atoms with E-state index in [1.165, 1.54) is 0 Å².